The minimum atomic E-state index is -4.45. The summed E-state index contributed by atoms with van der Waals surface area (Å²) >= 11 is 0. The molecule has 178 valence electrons. The van der Waals surface area contributed by atoms with Crippen molar-refractivity contribution in [2.45, 2.75) is 40.0 Å². The maximum absolute atomic E-state index is 13.2. The predicted octanol–water partition coefficient (Wildman–Crippen LogP) is 5.08. The molecular formula is C24H28F3N3O3. The van der Waals surface area contributed by atoms with Crippen LogP contribution in [0.15, 0.2) is 52.8 Å². The van der Waals surface area contributed by atoms with Crippen LogP contribution in [0.25, 0.3) is 0 Å². The molecule has 0 spiro atoms. The van der Waals surface area contributed by atoms with Gasteiger partial charge < -0.3 is 15.0 Å². The SMILES string of the molecule is CNC(=O)/C(=N/OC)c1cccc(C)c1CO/N=C(\CC(C)C)c1cccc(C(F)(F)F)c1. The van der Waals surface area contributed by atoms with E-state index >= 15 is 0 Å². The van der Waals surface area contributed by atoms with Gasteiger partial charge >= 0.3 is 6.18 Å². The summed E-state index contributed by atoms with van der Waals surface area (Å²) < 4.78 is 39.5. The number of nitrogens with one attached hydrogen (secondary N) is 1. The summed E-state index contributed by atoms with van der Waals surface area (Å²) in [6.07, 6.45) is -4.02. The summed E-state index contributed by atoms with van der Waals surface area (Å²) in [5, 5.41) is 10.5. The molecule has 0 aliphatic carbocycles. The minimum Gasteiger partial charge on any atom is -0.398 e. The van der Waals surface area contributed by atoms with Gasteiger partial charge in [-0.25, -0.2) is 0 Å². The maximum Gasteiger partial charge on any atom is 0.416 e. The average molecular weight is 464 g/mol. The number of nitrogens with zero attached hydrogens (tertiary/aromatic N) is 2. The molecule has 0 unspecified atom stereocenters. The van der Waals surface area contributed by atoms with Gasteiger partial charge in [-0.05, 0) is 42.5 Å². The molecule has 6 nitrogen and oxygen atoms in total. The molecule has 0 aliphatic heterocycles. The Morgan fingerprint density at radius 2 is 1.82 bits per heavy atom. The number of carbonyl (C=O) groups is 1. The van der Waals surface area contributed by atoms with E-state index in [-0.39, 0.29) is 18.2 Å². The lowest BCUT2D eigenvalue weighted by atomic mass is 9.98. The van der Waals surface area contributed by atoms with E-state index in [4.69, 9.17) is 9.68 Å². The minimum absolute atomic E-state index is 0.0116. The number of rotatable bonds is 9. The third kappa shape index (κ3) is 7.06. The number of aryl methyl sites for hydroxylation is 1. The number of oxime groups is 2. The van der Waals surface area contributed by atoms with E-state index in [1.165, 1.54) is 20.2 Å². The van der Waals surface area contributed by atoms with E-state index in [9.17, 15) is 18.0 Å². The predicted molar refractivity (Wildman–Crippen MR) is 121 cm³/mol. The Hall–Kier alpha value is -3.36. The fourth-order valence-electron chi connectivity index (χ4n) is 3.18. The molecule has 1 N–H and O–H groups in total. The smallest absolute Gasteiger partial charge is 0.398 e. The molecule has 0 bridgehead atoms. The molecule has 1 amide bonds. The van der Waals surface area contributed by atoms with Gasteiger partial charge in [-0.1, -0.05) is 54.5 Å². The second kappa shape index (κ2) is 11.5. The zero-order valence-corrected chi connectivity index (χ0v) is 19.3. The van der Waals surface area contributed by atoms with E-state index in [0.717, 1.165) is 17.7 Å². The number of carbonyl (C=O) groups excluding carboxylic acids is 1. The molecule has 0 heterocycles. The molecule has 0 aromatic heterocycles. The molecule has 2 aromatic carbocycles. The number of hydrogen-bond acceptors (Lipinski definition) is 5. The summed E-state index contributed by atoms with van der Waals surface area (Å²) in [5.41, 5.74) is 2.08. The largest absolute Gasteiger partial charge is 0.416 e. The van der Waals surface area contributed by atoms with Crippen LogP contribution in [0.5, 0.6) is 0 Å². The van der Waals surface area contributed by atoms with E-state index < -0.39 is 17.6 Å². The molecule has 0 fully saturated rings. The van der Waals surface area contributed by atoms with E-state index in [2.05, 4.69) is 15.6 Å². The van der Waals surface area contributed by atoms with Gasteiger partial charge in [-0.2, -0.15) is 13.2 Å². The Bertz CT molecular complexity index is 1030. The standard InChI is InChI=1S/C24H28F3N3O3/c1-15(2)12-21(17-9-7-10-18(13-17)24(25,26)27)29-33-14-20-16(3)8-6-11-19(20)22(30-32-5)23(31)28-4/h6-11,13,15H,12,14H2,1-5H3,(H,28,31)/b29-21+,30-22+. The lowest BCUT2D eigenvalue weighted by molar-refractivity contribution is -0.137. The van der Waals surface area contributed by atoms with Crippen molar-refractivity contribution in [2.24, 2.45) is 16.2 Å². The third-order valence-corrected chi connectivity index (χ3v) is 4.80. The fraction of sp³-hybridized carbons (Fsp3) is 0.375. The summed E-state index contributed by atoms with van der Waals surface area (Å²) in [6.45, 7) is 5.73. The topological polar surface area (TPSA) is 72.3 Å². The van der Waals surface area contributed by atoms with Crippen molar-refractivity contribution >= 4 is 17.3 Å². The Morgan fingerprint density at radius 3 is 2.42 bits per heavy atom. The van der Waals surface area contributed by atoms with Crippen LogP contribution in [-0.4, -0.2) is 31.5 Å². The summed E-state index contributed by atoms with van der Waals surface area (Å²) in [4.78, 5) is 22.7. The van der Waals surface area contributed by atoms with Gasteiger partial charge in [-0.15, -0.1) is 0 Å². The monoisotopic (exact) mass is 463 g/mol. The second-order valence-electron chi connectivity index (χ2n) is 7.79. The van der Waals surface area contributed by atoms with Crippen LogP contribution in [0.1, 0.15) is 48.1 Å². The summed E-state index contributed by atoms with van der Waals surface area (Å²) in [7, 11) is 2.82. The summed E-state index contributed by atoms with van der Waals surface area (Å²) in [5.74, 6) is -0.290. The van der Waals surface area contributed by atoms with Crippen molar-refractivity contribution in [1.29, 1.82) is 0 Å². The van der Waals surface area contributed by atoms with Gasteiger partial charge in [0.25, 0.3) is 5.91 Å². The van der Waals surface area contributed by atoms with Crippen molar-refractivity contribution in [2.75, 3.05) is 14.2 Å². The van der Waals surface area contributed by atoms with Crippen molar-refractivity contribution in [3.8, 4) is 0 Å². The number of halogens is 3. The first-order chi connectivity index (χ1) is 15.6. The molecule has 0 radical (unpaired) electrons. The molecule has 2 aromatic rings. The molecule has 9 heteroatoms. The van der Waals surface area contributed by atoms with E-state index in [0.29, 0.717) is 28.8 Å². The Kier molecular flexibility index (Phi) is 9.02. The van der Waals surface area contributed by atoms with Crippen LogP contribution < -0.4 is 5.32 Å². The van der Waals surface area contributed by atoms with Crippen LogP contribution in [0.4, 0.5) is 13.2 Å². The number of hydrogen-bond donors (Lipinski definition) is 1. The van der Waals surface area contributed by atoms with Crippen molar-refractivity contribution in [3.63, 3.8) is 0 Å². The zero-order valence-electron chi connectivity index (χ0n) is 19.3. The summed E-state index contributed by atoms with van der Waals surface area (Å²) in [6, 6.07) is 10.4. The van der Waals surface area contributed by atoms with Gasteiger partial charge in [0.1, 0.15) is 13.7 Å². The van der Waals surface area contributed by atoms with Gasteiger partial charge in [-0.3, -0.25) is 4.79 Å². The number of benzene rings is 2. The molecule has 0 saturated carbocycles. The highest BCUT2D eigenvalue weighted by Gasteiger charge is 2.30. The van der Waals surface area contributed by atoms with Crippen LogP contribution >= 0.6 is 0 Å². The van der Waals surface area contributed by atoms with Crippen molar-refractivity contribution in [3.05, 3.63) is 70.3 Å². The molecule has 0 atom stereocenters. The third-order valence-electron chi connectivity index (χ3n) is 4.80. The first-order valence-corrected chi connectivity index (χ1v) is 10.4. The van der Waals surface area contributed by atoms with E-state index in [1.54, 1.807) is 18.2 Å². The Balaban J connectivity index is 2.40. The Labute approximate surface area is 191 Å². The molecule has 33 heavy (non-hydrogen) atoms. The zero-order chi connectivity index (χ0) is 24.6. The highest BCUT2D eigenvalue weighted by atomic mass is 19.4. The quantitative estimate of drug-likeness (QED) is 0.417. The lowest BCUT2D eigenvalue weighted by Gasteiger charge is -2.14. The van der Waals surface area contributed by atoms with Crippen molar-refractivity contribution < 1.29 is 27.6 Å². The first-order valence-electron chi connectivity index (χ1n) is 10.4. The average Bonchev–Trinajstić information content (AvgIpc) is 2.76. The van der Waals surface area contributed by atoms with Gasteiger partial charge in [0, 0.05) is 18.2 Å². The molecule has 2 rings (SSSR count). The normalized spacial score (nSPS) is 12.6. The molecule has 0 saturated heterocycles. The lowest BCUT2D eigenvalue weighted by Crippen LogP contribution is -2.29. The highest BCUT2D eigenvalue weighted by Crippen LogP contribution is 2.30. The van der Waals surface area contributed by atoms with E-state index in [1.807, 2.05) is 26.8 Å². The van der Waals surface area contributed by atoms with Crippen LogP contribution in [0.3, 0.4) is 0 Å². The fourth-order valence-corrected chi connectivity index (χ4v) is 3.18. The molecular weight excluding hydrogens is 435 g/mol. The van der Waals surface area contributed by atoms with Crippen molar-refractivity contribution in [1.82, 2.24) is 5.32 Å². The van der Waals surface area contributed by atoms with Crippen LogP contribution in [-0.2, 0) is 27.3 Å². The molecule has 0 aliphatic rings. The van der Waals surface area contributed by atoms with Crippen LogP contribution in [0.2, 0.25) is 0 Å². The maximum atomic E-state index is 13.2. The Morgan fingerprint density at radius 1 is 1.12 bits per heavy atom. The number of likely N-dealkylation sites (N-methyl/N-ethyl adjacent to an activating group) is 1. The first kappa shape index (κ1) is 25.9. The van der Waals surface area contributed by atoms with Gasteiger partial charge in [0.05, 0.1) is 11.3 Å². The number of alkyl halides is 3. The van der Waals surface area contributed by atoms with Gasteiger partial charge in [0.15, 0.2) is 5.71 Å². The second-order valence-corrected chi connectivity index (χ2v) is 7.79. The highest BCUT2D eigenvalue weighted by molar-refractivity contribution is 6.45. The number of amides is 1. The van der Waals surface area contributed by atoms with Gasteiger partial charge in [0.2, 0.25) is 0 Å². The van der Waals surface area contributed by atoms with Crippen LogP contribution in [0, 0.1) is 12.8 Å².